The third kappa shape index (κ3) is 2.27. The van der Waals surface area contributed by atoms with Gasteiger partial charge < -0.3 is 14.9 Å². The summed E-state index contributed by atoms with van der Waals surface area (Å²) in [7, 11) is 0. The van der Waals surface area contributed by atoms with E-state index in [-0.39, 0.29) is 11.9 Å². The Morgan fingerprint density at radius 2 is 1.70 bits per heavy atom. The number of amides is 2. The van der Waals surface area contributed by atoms with E-state index in [9.17, 15) is 14.7 Å². The van der Waals surface area contributed by atoms with Gasteiger partial charge >= 0.3 is 12.0 Å². The summed E-state index contributed by atoms with van der Waals surface area (Å²) in [6, 6.07) is -0.685. The van der Waals surface area contributed by atoms with Crippen molar-refractivity contribution >= 4 is 12.0 Å². The zero-order valence-corrected chi connectivity index (χ0v) is 12.1. The minimum Gasteiger partial charge on any atom is -0.480 e. The van der Waals surface area contributed by atoms with Gasteiger partial charge in [0.05, 0.1) is 0 Å². The fourth-order valence-electron chi connectivity index (χ4n) is 4.35. The molecule has 0 aromatic heterocycles. The van der Waals surface area contributed by atoms with Crippen LogP contribution in [0.25, 0.3) is 0 Å². The van der Waals surface area contributed by atoms with Gasteiger partial charge in [0.15, 0.2) is 0 Å². The maximum absolute atomic E-state index is 12.7. The molecule has 2 heterocycles. The Morgan fingerprint density at radius 3 is 2.30 bits per heavy atom. The normalized spacial score (nSPS) is 37.0. The molecule has 0 aromatic carbocycles. The summed E-state index contributed by atoms with van der Waals surface area (Å²) in [6.07, 6.45) is 5.56. The predicted molar refractivity (Wildman–Crippen MR) is 74.3 cm³/mol. The number of rotatable bonds is 1. The van der Waals surface area contributed by atoms with Crippen LogP contribution in [0.3, 0.4) is 0 Å². The molecule has 3 rings (SSSR count). The highest BCUT2D eigenvalue weighted by molar-refractivity contribution is 5.83. The lowest BCUT2D eigenvalue weighted by Crippen LogP contribution is -2.55. The van der Waals surface area contributed by atoms with Crippen LogP contribution in [-0.2, 0) is 4.79 Å². The molecule has 0 aromatic rings. The summed E-state index contributed by atoms with van der Waals surface area (Å²) in [5, 5.41) is 9.42. The van der Waals surface area contributed by atoms with Crippen LogP contribution in [0, 0.1) is 17.8 Å². The zero-order valence-electron chi connectivity index (χ0n) is 12.1. The number of hydrogen-bond donors (Lipinski definition) is 1. The van der Waals surface area contributed by atoms with Crippen molar-refractivity contribution in [1.82, 2.24) is 9.80 Å². The molecule has 4 atom stereocenters. The first kappa shape index (κ1) is 13.7. The van der Waals surface area contributed by atoms with E-state index in [4.69, 9.17) is 0 Å². The minimum absolute atomic E-state index is 0.0432. The zero-order chi connectivity index (χ0) is 14.3. The number of carboxylic acid groups (broad SMARTS) is 1. The molecule has 2 saturated heterocycles. The molecular formula is C15H24N2O3. The topological polar surface area (TPSA) is 60.9 Å². The van der Waals surface area contributed by atoms with E-state index in [0.717, 1.165) is 25.9 Å². The van der Waals surface area contributed by atoms with Crippen molar-refractivity contribution in [2.45, 2.75) is 45.1 Å². The molecular weight excluding hydrogens is 256 g/mol. The summed E-state index contributed by atoms with van der Waals surface area (Å²) >= 11 is 0. The Bertz CT molecular complexity index is 400. The average Bonchev–Trinajstić information content (AvgIpc) is 2.97. The first-order valence-corrected chi connectivity index (χ1v) is 7.86. The summed E-state index contributed by atoms with van der Waals surface area (Å²) in [4.78, 5) is 27.7. The van der Waals surface area contributed by atoms with Gasteiger partial charge in [0.25, 0.3) is 0 Å². The standard InChI is InChI=1S/C15H24N2O3/c1-10-4-3-7-17(13(10)14(18)19)15(20)16-8-11-5-2-6-12(11)9-16/h10-13H,2-9H2,1H3,(H,18,19). The van der Waals surface area contributed by atoms with Gasteiger partial charge in [0.2, 0.25) is 0 Å². The molecule has 112 valence electrons. The number of carboxylic acids is 1. The van der Waals surface area contributed by atoms with E-state index in [1.807, 2.05) is 11.8 Å². The highest BCUT2D eigenvalue weighted by Crippen LogP contribution is 2.38. The third-order valence-corrected chi connectivity index (χ3v) is 5.43. The van der Waals surface area contributed by atoms with E-state index >= 15 is 0 Å². The van der Waals surface area contributed by atoms with Crippen LogP contribution in [-0.4, -0.2) is 52.6 Å². The molecule has 5 heteroatoms. The van der Waals surface area contributed by atoms with E-state index in [0.29, 0.717) is 18.4 Å². The van der Waals surface area contributed by atoms with E-state index in [2.05, 4.69) is 0 Å². The molecule has 5 nitrogen and oxygen atoms in total. The summed E-state index contributed by atoms with van der Waals surface area (Å²) in [5.41, 5.74) is 0. The van der Waals surface area contributed by atoms with Crippen molar-refractivity contribution < 1.29 is 14.7 Å². The number of piperidine rings is 1. The second-order valence-corrected chi connectivity index (χ2v) is 6.73. The Labute approximate surface area is 119 Å². The first-order valence-electron chi connectivity index (χ1n) is 7.86. The quantitative estimate of drug-likeness (QED) is 0.799. The number of carbonyl (C=O) groups excluding carboxylic acids is 1. The Morgan fingerprint density at radius 1 is 1.05 bits per heavy atom. The molecule has 3 fully saturated rings. The predicted octanol–water partition coefficient (Wildman–Crippen LogP) is 2.02. The van der Waals surface area contributed by atoms with Gasteiger partial charge in [-0.2, -0.15) is 0 Å². The second kappa shape index (κ2) is 5.26. The molecule has 4 unspecified atom stereocenters. The molecule has 2 aliphatic heterocycles. The van der Waals surface area contributed by atoms with Crippen molar-refractivity contribution in [3.05, 3.63) is 0 Å². The summed E-state index contributed by atoms with van der Waals surface area (Å²) < 4.78 is 0. The number of hydrogen-bond acceptors (Lipinski definition) is 2. The fraction of sp³-hybridized carbons (Fsp3) is 0.867. The van der Waals surface area contributed by atoms with Crippen LogP contribution >= 0.6 is 0 Å². The smallest absolute Gasteiger partial charge is 0.326 e. The van der Waals surface area contributed by atoms with Gasteiger partial charge in [-0.1, -0.05) is 13.3 Å². The number of aliphatic carboxylic acids is 1. The molecule has 0 bridgehead atoms. The molecule has 1 N–H and O–H groups in total. The van der Waals surface area contributed by atoms with Crippen LogP contribution in [0.1, 0.15) is 39.0 Å². The number of carbonyl (C=O) groups is 2. The molecule has 3 aliphatic rings. The highest BCUT2D eigenvalue weighted by Gasteiger charge is 2.43. The lowest BCUT2D eigenvalue weighted by molar-refractivity contribution is -0.145. The number of likely N-dealkylation sites (tertiary alicyclic amines) is 2. The first-order chi connectivity index (χ1) is 9.58. The van der Waals surface area contributed by atoms with Gasteiger partial charge in [-0.25, -0.2) is 9.59 Å². The van der Waals surface area contributed by atoms with Gasteiger partial charge in [0.1, 0.15) is 6.04 Å². The number of fused-ring (bicyclic) bond motifs is 1. The van der Waals surface area contributed by atoms with E-state index in [1.54, 1.807) is 4.90 Å². The highest BCUT2D eigenvalue weighted by atomic mass is 16.4. The van der Waals surface area contributed by atoms with Gasteiger partial charge in [-0.3, -0.25) is 0 Å². The minimum atomic E-state index is -0.857. The number of urea groups is 1. The Balaban J connectivity index is 1.70. The molecule has 2 amide bonds. The lowest BCUT2D eigenvalue weighted by atomic mass is 9.91. The van der Waals surface area contributed by atoms with Crippen LogP contribution < -0.4 is 0 Å². The number of nitrogens with zero attached hydrogens (tertiary/aromatic N) is 2. The molecule has 1 aliphatic carbocycles. The molecule has 20 heavy (non-hydrogen) atoms. The van der Waals surface area contributed by atoms with Crippen LogP contribution in [0.15, 0.2) is 0 Å². The fourth-order valence-corrected chi connectivity index (χ4v) is 4.35. The second-order valence-electron chi connectivity index (χ2n) is 6.73. The van der Waals surface area contributed by atoms with Crippen molar-refractivity contribution in [2.75, 3.05) is 19.6 Å². The largest absolute Gasteiger partial charge is 0.480 e. The maximum Gasteiger partial charge on any atom is 0.326 e. The molecule has 0 spiro atoms. The van der Waals surface area contributed by atoms with Gasteiger partial charge in [-0.15, -0.1) is 0 Å². The lowest BCUT2D eigenvalue weighted by Gasteiger charge is -2.39. The van der Waals surface area contributed by atoms with Crippen molar-refractivity contribution in [1.29, 1.82) is 0 Å². The van der Waals surface area contributed by atoms with E-state index < -0.39 is 12.0 Å². The average molecular weight is 280 g/mol. The van der Waals surface area contributed by atoms with Crippen LogP contribution in [0.2, 0.25) is 0 Å². The molecule has 1 saturated carbocycles. The monoisotopic (exact) mass is 280 g/mol. The van der Waals surface area contributed by atoms with Crippen LogP contribution in [0.4, 0.5) is 4.79 Å². The SMILES string of the molecule is CC1CCCN(C(=O)N2CC3CCCC3C2)C1C(=O)O. The third-order valence-electron chi connectivity index (χ3n) is 5.43. The van der Waals surface area contributed by atoms with Gasteiger partial charge in [0, 0.05) is 19.6 Å². The Kier molecular flexibility index (Phi) is 3.61. The van der Waals surface area contributed by atoms with Crippen molar-refractivity contribution in [2.24, 2.45) is 17.8 Å². The van der Waals surface area contributed by atoms with Crippen molar-refractivity contribution in [3.63, 3.8) is 0 Å². The van der Waals surface area contributed by atoms with E-state index in [1.165, 1.54) is 19.3 Å². The maximum atomic E-state index is 12.7. The Hall–Kier alpha value is -1.26. The summed E-state index contributed by atoms with van der Waals surface area (Å²) in [5.74, 6) is 0.506. The summed E-state index contributed by atoms with van der Waals surface area (Å²) in [6.45, 7) is 4.20. The van der Waals surface area contributed by atoms with Gasteiger partial charge in [-0.05, 0) is 43.4 Å². The van der Waals surface area contributed by atoms with Crippen LogP contribution in [0.5, 0.6) is 0 Å². The molecule has 0 radical (unpaired) electrons. The van der Waals surface area contributed by atoms with Crippen molar-refractivity contribution in [3.8, 4) is 0 Å².